The summed E-state index contributed by atoms with van der Waals surface area (Å²) >= 11 is 0. The van der Waals surface area contributed by atoms with Crippen LogP contribution in [0, 0.1) is 6.92 Å². The second kappa shape index (κ2) is 9.07. The van der Waals surface area contributed by atoms with Gasteiger partial charge in [0.2, 0.25) is 0 Å². The van der Waals surface area contributed by atoms with E-state index >= 15 is 0 Å². The van der Waals surface area contributed by atoms with E-state index < -0.39 is 5.60 Å². The zero-order chi connectivity index (χ0) is 17.4. The lowest BCUT2D eigenvalue weighted by molar-refractivity contribution is -0.146. The van der Waals surface area contributed by atoms with Gasteiger partial charge in [-0.05, 0) is 56.4 Å². The number of anilines is 1. The van der Waals surface area contributed by atoms with E-state index in [1.807, 2.05) is 25.1 Å². The summed E-state index contributed by atoms with van der Waals surface area (Å²) in [6.45, 7) is 7.51. The SMILES string of the molecule is CCCOc1ccc(NC(=O)C2(OCCC)CCCCC2)cc1C. The average Bonchev–Trinajstić information content (AvgIpc) is 2.60. The fourth-order valence-electron chi connectivity index (χ4n) is 3.20. The van der Waals surface area contributed by atoms with Crippen LogP contribution in [-0.2, 0) is 9.53 Å². The van der Waals surface area contributed by atoms with Crippen molar-refractivity contribution in [1.82, 2.24) is 0 Å². The molecule has 1 aliphatic carbocycles. The molecule has 0 aliphatic heterocycles. The molecule has 4 heteroatoms. The van der Waals surface area contributed by atoms with Crippen LogP contribution in [0.25, 0.3) is 0 Å². The molecule has 0 unspecified atom stereocenters. The summed E-state index contributed by atoms with van der Waals surface area (Å²) < 4.78 is 11.7. The molecule has 0 radical (unpaired) electrons. The molecule has 1 amide bonds. The highest BCUT2D eigenvalue weighted by Gasteiger charge is 2.40. The molecule has 1 saturated carbocycles. The molecule has 1 N–H and O–H groups in total. The van der Waals surface area contributed by atoms with Crippen LogP contribution in [0.3, 0.4) is 0 Å². The van der Waals surface area contributed by atoms with Gasteiger partial charge in [-0.25, -0.2) is 0 Å². The number of amides is 1. The molecule has 0 heterocycles. The van der Waals surface area contributed by atoms with Crippen molar-refractivity contribution in [3.63, 3.8) is 0 Å². The van der Waals surface area contributed by atoms with Gasteiger partial charge >= 0.3 is 0 Å². The lowest BCUT2D eigenvalue weighted by Gasteiger charge is -2.35. The molecule has 1 aromatic rings. The third kappa shape index (κ3) is 4.73. The summed E-state index contributed by atoms with van der Waals surface area (Å²) in [5.41, 5.74) is 1.19. The first-order valence-corrected chi connectivity index (χ1v) is 9.30. The number of carbonyl (C=O) groups is 1. The van der Waals surface area contributed by atoms with Crippen LogP contribution in [0.2, 0.25) is 0 Å². The van der Waals surface area contributed by atoms with Crippen molar-refractivity contribution in [3.05, 3.63) is 23.8 Å². The first-order chi connectivity index (χ1) is 11.6. The van der Waals surface area contributed by atoms with E-state index in [9.17, 15) is 4.79 Å². The van der Waals surface area contributed by atoms with Gasteiger partial charge in [-0.15, -0.1) is 0 Å². The van der Waals surface area contributed by atoms with Gasteiger partial charge < -0.3 is 14.8 Å². The standard InChI is InChI=1S/C20H31NO3/c1-4-13-23-18-10-9-17(15-16(18)3)21-19(22)20(24-14-5-2)11-7-6-8-12-20/h9-10,15H,4-8,11-14H2,1-3H3,(H,21,22). The molecular weight excluding hydrogens is 302 g/mol. The van der Waals surface area contributed by atoms with E-state index in [0.29, 0.717) is 13.2 Å². The minimum absolute atomic E-state index is 0.00252. The summed E-state index contributed by atoms with van der Waals surface area (Å²) in [6.07, 6.45) is 6.84. The van der Waals surface area contributed by atoms with Crippen LogP contribution in [0.15, 0.2) is 18.2 Å². The summed E-state index contributed by atoms with van der Waals surface area (Å²) in [6, 6.07) is 5.81. The highest BCUT2D eigenvalue weighted by molar-refractivity contribution is 5.97. The molecule has 2 rings (SSSR count). The van der Waals surface area contributed by atoms with E-state index in [-0.39, 0.29) is 5.91 Å². The van der Waals surface area contributed by atoms with Crippen molar-refractivity contribution < 1.29 is 14.3 Å². The molecule has 4 nitrogen and oxygen atoms in total. The van der Waals surface area contributed by atoms with Crippen LogP contribution >= 0.6 is 0 Å². The first kappa shape index (κ1) is 18.8. The monoisotopic (exact) mass is 333 g/mol. The van der Waals surface area contributed by atoms with Gasteiger partial charge in [-0.1, -0.05) is 33.1 Å². The third-order valence-electron chi connectivity index (χ3n) is 4.55. The van der Waals surface area contributed by atoms with Crippen LogP contribution in [0.5, 0.6) is 5.75 Å². The second-order valence-electron chi connectivity index (χ2n) is 6.69. The Labute approximate surface area is 145 Å². The van der Waals surface area contributed by atoms with Gasteiger partial charge in [0.25, 0.3) is 5.91 Å². The number of carbonyl (C=O) groups excluding carboxylic acids is 1. The predicted octanol–water partition coefficient (Wildman–Crippen LogP) is 4.85. The molecule has 134 valence electrons. The van der Waals surface area contributed by atoms with Gasteiger partial charge in [0, 0.05) is 12.3 Å². The topological polar surface area (TPSA) is 47.6 Å². The molecule has 1 fully saturated rings. The van der Waals surface area contributed by atoms with E-state index in [4.69, 9.17) is 9.47 Å². The van der Waals surface area contributed by atoms with Crippen molar-refractivity contribution in [2.75, 3.05) is 18.5 Å². The van der Waals surface area contributed by atoms with Gasteiger partial charge in [-0.2, -0.15) is 0 Å². The Bertz CT molecular complexity index is 536. The van der Waals surface area contributed by atoms with Crippen molar-refractivity contribution >= 4 is 11.6 Å². The fourth-order valence-corrected chi connectivity index (χ4v) is 3.20. The number of benzene rings is 1. The zero-order valence-electron chi connectivity index (χ0n) is 15.3. The molecule has 0 saturated heterocycles. The predicted molar refractivity (Wildman–Crippen MR) is 97.7 cm³/mol. The average molecular weight is 333 g/mol. The maximum atomic E-state index is 12.9. The van der Waals surface area contributed by atoms with E-state index in [0.717, 1.165) is 55.5 Å². The zero-order valence-corrected chi connectivity index (χ0v) is 15.3. The number of aryl methyl sites for hydroxylation is 1. The lowest BCUT2D eigenvalue weighted by Crippen LogP contribution is -2.47. The van der Waals surface area contributed by atoms with E-state index in [1.165, 1.54) is 6.42 Å². The van der Waals surface area contributed by atoms with Gasteiger partial charge in [-0.3, -0.25) is 4.79 Å². The van der Waals surface area contributed by atoms with Crippen LogP contribution < -0.4 is 10.1 Å². The molecule has 0 atom stereocenters. The normalized spacial score (nSPS) is 16.6. The Hall–Kier alpha value is -1.55. The maximum absolute atomic E-state index is 12.9. The Balaban J connectivity index is 2.07. The van der Waals surface area contributed by atoms with E-state index in [2.05, 4.69) is 19.2 Å². The molecule has 0 bridgehead atoms. The smallest absolute Gasteiger partial charge is 0.256 e. The summed E-state index contributed by atoms with van der Waals surface area (Å²) in [5.74, 6) is 0.877. The molecule has 1 aliphatic rings. The number of nitrogens with one attached hydrogen (secondary N) is 1. The number of hydrogen-bond donors (Lipinski definition) is 1. The van der Waals surface area contributed by atoms with Gasteiger partial charge in [0.1, 0.15) is 11.4 Å². The minimum atomic E-state index is -0.653. The van der Waals surface area contributed by atoms with Crippen LogP contribution in [0.4, 0.5) is 5.69 Å². The number of ether oxygens (including phenoxy) is 2. The highest BCUT2D eigenvalue weighted by Crippen LogP contribution is 2.33. The molecule has 24 heavy (non-hydrogen) atoms. The second-order valence-corrected chi connectivity index (χ2v) is 6.69. The number of hydrogen-bond acceptors (Lipinski definition) is 3. The quantitative estimate of drug-likeness (QED) is 0.739. The van der Waals surface area contributed by atoms with Crippen LogP contribution in [0.1, 0.15) is 64.4 Å². The highest BCUT2D eigenvalue weighted by atomic mass is 16.5. The fraction of sp³-hybridized carbons (Fsp3) is 0.650. The van der Waals surface area contributed by atoms with Gasteiger partial charge in [0.15, 0.2) is 0 Å². The Morgan fingerprint density at radius 3 is 2.46 bits per heavy atom. The van der Waals surface area contributed by atoms with Crippen molar-refractivity contribution in [2.45, 2.75) is 71.3 Å². The Morgan fingerprint density at radius 1 is 1.12 bits per heavy atom. The van der Waals surface area contributed by atoms with Crippen molar-refractivity contribution in [2.24, 2.45) is 0 Å². The minimum Gasteiger partial charge on any atom is -0.493 e. The van der Waals surface area contributed by atoms with Crippen molar-refractivity contribution in [1.29, 1.82) is 0 Å². The summed E-state index contributed by atoms with van der Waals surface area (Å²) in [4.78, 5) is 12.9. The molecule has 0 spiro atoms. The Kier molecular flexibility index (Phi) is 7.10. The maximum Gasteiger partial charge on any atom is 0.256 e. The summed E-state index contributed by atoms with van der Waals surface area (Å²) in [5, 5.41) is 3.07. The molecule has 1 aromatic carbocycles. The molecular formula is C20H31NO3. The first-order valence-electron chi connectivity index (χ1n) is 9.30. The molecule has 0 aromatic heterocycles. The van der Waals surface area contributed by atoms with Gasteiger partial charge in [0.05, 0.1) is 6.61 Å². The third-order valence-corrected chi connectivity index (χ3v) is 4.55. The van der Waals surface area contributed by atoms with Crippen LogP contribution in [-0.4, -0.2) is 24.7 Å². The lowest BCUT2D eigenvalue weighted by atomic mass is 9.83. The largest absolute Gasteiger partial charge is 0.493 e. The van der Waals surface area contributed by atoms with Crippen molar-refractivity contribution in [3.8, 4) is 5.75 Å². The number of rotatable bonds is 8. The summed E-state index contributed by atoms with van der Waals surface area (Å²) in [7, 11) is 0. The Morgan fingerprint density at radius 2 is 1.83 bits per heavy atom. The van der Waals surface area contributed by atoms with E-state index in [1.54, 1.807) is 0 Å².